The SMILES string of the molecule is CSCC(O)C1OC(C)(C)N(C(=O)OC(C)(C)C)C1CC1CCCCC1. The van der Waals surface area contributed by atoms with E-state index in [2.05, 4.69) is 0 Å². The fraction of sp³-hybridized carbons (Fsp3) is 0.950. The number of carbonyl (C=O) groups excluding carboxylic acids is 1. The summed E-state index contributed by atoms with van der Waals surface area (Å²) in [5.74, 6) is 1.18. The van der Waals surface area contributed by atoms with Crippen molar-refractivity contribution in [3.8, 4) is 0 Å². The molecule has 0 spiro atoms. The van der Waals surface area contributed by atoms with Gasteiger partial charge in [0.1, 0.15) is 17.4 Å². The Bertz CT molecular complexity index is 471. The summed E-state index contributed by atoms with van der Waals surface area (Å²) in [4.78, 5) is 14.7. The Hall–Kier alpha value is -0.460. The third kappa shape index (κ3) is 5.52. The molecule has 5 nitrogen and oxygen atoms in total. The molecule has 1 aliphatic carbocycles. The van der Waals surface area contributed by atoms with Gasteiger partial charge in [0.25, 0.3) is 0 Å². The number of rotatable bonds is 5. The minimum atomic E-state index is -0.786. The highest BCUT2D eigenvalue weighted by atomic mass is 32.2. The van der Waals surface area contributed by atoms with Gasteiger partial charge in [-0.05, 0) is 53.2 Å². The number of thioether (sulfide) groups is 1. The van der Waals surface area contributed by atoms with Crippen LogP contribution in [0.5, 0.6) is 0 Å². The molecule has 1 saturated heterocycles. The monoisotopic (exact) mass is 387 g/mol. The van der Waals surface area contributed by atoms with Gasteiger partial charge in [-0.1, -0.05) is 32.1 Å². The van der Waals surface area contributed by atoms with E-state index in [4.69, 9.17) is 9.47 Å². The van der Waals surface area contributed by atoms with Crippen molar-refractivity contribution < 1.29 is 19.4 Å². The molecule has 0 aromatic rings. The first-order valence-electron chi connectivity index (χ1n) is 9.92. The molecule has 3 unspecified atom stereocenters. The zero-order valence-corrected chi connectivity index (χ0v) is 18.1. The average Bonchev–Trinajstić information content (AvgIpc) is 2.78. The molecule has 0 aromatic heterocycles. The minimum Gasteiger partial charge on any atom is -0.444 e. The number of amides is 1. The number of hydrogen-bond donors (Lipinski definition) is 1. The van der Waals surface area contributed by atoms with Crippen molar-refractivity contribution in [1.82, 2.24) is 4.90 Å². The van der Waals surface area contributed by atoms with E-state index in [1.807, 2.05) is 40.9 Å². The van der Waals surface area contributed by atoms with Crippen molar-refractivity contribution in [2.24, 2.45) is 5.92 Å². The lowest BCUT2D eigenvalue weighted by Crippen LogP contribution is -2.51. The van der Waals surface area contributed by atoms with Crippen molar-refractivity contribution in [1.29, 1.82) is 0 Å². The Morgan fingerprint density at radius 2 is 1.92 bits per heavy atom. The quantitative estimate of drug-likeness (QED) is 0.757. The van der Waals surface area contributed by atoms with E-state index in [1.54, 1.807) is 16.7 Å². The largest absolute Gasteiger partial charge is 0.444 e. The topological polar surface area (TPSA) is 59.0 Å². The second kappa shape index (κ2) is 8.70. The Kier molecular flexibility index (Phi) is 7.30. The molecule has 3 atom stereocenters. The van der Waals surface area contributed by atoms with Crippen molar-refractivity contribution >= 4 is 17.9 Å². The predicted octanol–water partition coefficient (Wildman–Crippen LogP) is 4.42. The van der Waals surface area contributed by atoms with E-state index in [0.717, 1.165) is 6.42 Å². The third-order valence-electron chi connectivity index (χ3n) is 5.32. The smallest absolute Gasteiger partial charge is 0.412 e. The number of ether oxygens (including phenoxy) is 2. The second-order valence-electron chi connectivity index (χ2n) is 9.21. The average molecular weight is 388 g/mol. The minimum absolute atomic E-state index is 0.148. The summed E-state index contributed by atoms with van der Waals surface area (Å²) in [5, 5.41) is 10.7. The molecular weight excluding hydrogens is 350 g/mol. The molecule has 1 saturated carbocycles. The molecule has 1 amide bonds. The number of carbonyl (C=O) groups is 1. The highest BCUT2D eigenvalue weighted by Gasteiger charge is 2.53. The van der Waals surface area contributed by atoms with Gasteiger partial charge in [0, 0.05) is 5.75 Å². The molecule has 0 bridgehead atoms. The lowest BCUT2D eigenvalue weighted by molar-refractivity contribution is -0.0992. The first-order chi connectivity index (χ1) is 12.0. The van der Waals surface area contributed by atoms with Crippen LogP contribution in [0.4, 0.5) is 4.79 Å². The maximum Gasteiger partial charge on any atom is 0.412 e. The Morgan fingerprint density at radius 1 is 1.31 bits per heavy atom. The van der Waals surface area contributed by atoms with Crippen LogP contribution in [0.25, 0.3) is 0 Å². The fourth-order valence-corrected chi connectivity index (χ4v) is 4.82. The zero-order chi connectivity index (χ0) is 19.5. The molecular formula is C20H37NO4S. The van der Waals surface area contributed by atoms with Crippen LogP contribution >= 0.6 is 11.8 Å². The van der Waals surface area contributed by atoms with Gasteiger partial charge in [0.2, 0.25) is 0 Å². The van der Waals surface area contributed by atoms with E-state index in [1.165, 1.54) is 32.1 Å². The lowest BCUT2D eigenvalue weighted by atomic mass is 9.83. The van der Waals surface area contributed by atoms with Gasteiger partial charge >= 0.3 is 6.09 Å². The Balaban J connectivity index is 2.25. The van der Waals surface area contributed by atoms with E-state index in [0.29, 0.717) is 11.7 Å². The number of hydrogen-bond acceptors (Lipinski definition) is 5. The molecule has 152 valence electrons. The van der Waals surface area contributed by atoms with Crippen molar-refractivity contribution in [2.45, 2.75) is 103 Å². The van der Waals surface area contributed by atoms with E-state index in [-0.39, 0.29) is 18.2 Å². The highest BCUT2D eigenvalue weighted by Crippen LogP contribution is 2.40. The second-order valence-corrected chi connectivity index (χ2v) is 10.1. The van der Waals surface area contributed by atoms with Gasteiger partial charge in [-0.3, -0.25) is 4.90 Å². The van der Waals surface area contributed by atoms with Gasteiger partial charge in [-0.2, -0.15) is 11.8 Å². The summed E-state index contributed by atoms with van der Waals surface area (Å²) in [5.41, 5.74) is -1.34. The standard InChI is InChI=1S/C20H37NO4S/c1-19(2,3)25-18(23)21-15(12-14-10-8-7-9-11-14)17(16(22)13-26-6)24-20(21,4)5/h14-17,22H,7-13H2,1-6H3. The van der Waals surface area contributed by atoms with Crippen molar-refractivity contribution in [2.75, 3.05) is 12.0 Å². The van der Waals surface area contributed by atoms with Gasteiger partial charge in [-0.25, -0.2) is 4.79 Å². The maximum absolute atomic E-state index is 13.0. The maximum atomic E-state index is 13.0. The van der Waals surface area contributed by atoms with E-state index >= 15 is 0 Å². The van der Waals surface area contributed by atoms with Crippen LogP contribution in [0.3, 0.4) is 0 Å². The number of aliphatic hydroxyl groups is 1. The molecule has 1 heterocycles. The summed E-state index contributed by atoms with van der Waals surface area (Å²) in [7, 11) is 0. The van der Waals surface area contributed by atoms with Crippen LogP contribution in [0, 0.1) is 5.92 Å². The Labute approximate surface area is 163 Å². The van der Waals surface area contributed by atoms with E-state index < -0.39 is 17.4 Å². The first-order valence-corrected chi connectivity index (χ1v) is 11.3. The van der Waals surface area contributed by atoms with Crippen LogP contribution in [0.15, 0.2) is 0 Å². The molecule has 2 aliphatic rings. The van der Waals surface area contributed by atoms with Gasteiger partial charge in [-0.15, -0.1) is 0 Å². The molecule has 0 aromatic carbocycles. The molecule has 2 rings (SSSR count). The highest BCUT2D eigenvalue weighted by molar-refractivity contribution is 7.98. The molecule has 26 heavy (non-hydrogen) atoms. The summed E-state index contributed by atoms with van der Waals surface area (Å²) < 4.78 is 11.9. The van der Waals surface area contributed by atoms with Crippen LogP contribution in [0.2, 0.25) is 0 Å². The summed E-state index contributed by atoms with van der Waals surface area (Å²) in [6.45, 7) is 9.44. The van der Waals surface area contributed by atoms with Gasteiger partial charge < -0.3 is 14.6 Å². The number of aliphatic hydroxyl groups excluding tert-OH is 1. The van der Waals surface area contributed by atoms with Crippen molar-refractivity contribution in [3.63, 3.8) is 0 Å². The van der Waals surface area contributed by atoms with Crippen LogP contribution in [-0.2, 0) is 9.47 Å². The summed E-state index contributed by atoms with van der Waals surface area (Å²) in [6.07, 6.45) is 7.76. The lowest BCUT2D eigenvalue weighted by Gasteiger charge is -2.37. The van der Waals surface area contributed by atoms with Gasteiger partial charge in [0.05, 0.1) is 12.1 Å². The summed E-state index contributed by atoms with van der Waals surface area (Å²) in [6, 6.07) is -0.148. The molecule has 0 radical (unpaired) electrons. The molecule has 1 aliphatic heterocycles. The Morgan fingerprint density at radius 3 is 2.46 bits per heavy atom. The fourth-order valence-electron chi connectivity index (χ4n) is 4.29. The molecule has 6 heteroatoms. The first kappa shape index (κ1) is 21.8. The molecule has 2 fully saturated rings. The predicted molar refractivity (Wildman–Crippen MR) is 106 cm³/mol. The van der Waals surface area contributed by atoms with Crippen LogP contribution in [-0.4, -0.2) is 57.7 Å². The van der Waals surface area contributed by atoms with E-state index in [9.17, 15) is 9.90 Å². The zero-order valence-electron chi connectivity index (χ0n) is 17.3. The third-order valence-corrected chi connectivity index (χ3v) is 6.00. The normalized spacial score (nSPS) is 28.2. The van der Waals surface area contributed by atoms with Crippen LogP contribution < -0.4 is 0 Å². The summed E-state index contributed by atoms with van der Waals surface area (Å²) >= 11 is 1.60. The van der Waals surface area contributed by atoms with Gasteiger partial charge in [0.15, 0.2) is 0 Å². The van der Waals surface area contributed by atoms with Crippen molar-refractivity contribution in [3.05, 3.63) is 0 Å². The number of nitrogens with zero attached hydrogens (tertiary/aromatic N) is 1. The molecule has 1 N–H and O–H groups in total. The van der Waals surface area contributed by atoms with Crippen LogP contribution in [0.1, 0.15) is 73.1 Å².